The summed E-state index contributed by atoms with van der Waals surface area (Å²) in [6.07, 6.45) is 3.18. The molecular weight excluding hydrogens is 392 g/mol. The number of nitrogens with zero attached hydrogens (tertiary/aromatic N) is 2. The van der Waals surface area contributed by atoms with Crippen molar-refractivity contribution in [3.63, 3.8) is 0 Å². The molecule has 2 N–H and O–H groups in total. The van der Waals surface area contributed by atoms with Crippen LogP contribution in [0.4, 0.5) is 0 Å². The van der Waals surface area contributed by atoms with E-state index in [0.717, 1.165) is 12.8 Å². The van der Waals surface area contributed by atoms with Gasteiger partial charge in [0.1, 0.15) is 5.54 Å². The Bertz CT molecular complexity index is 921. The predicted molar refractivity (Wildman–Crippen MR) is 98.6 cm³/mol. The normalized spacial score (nSPS) is 17.6. The highest BCUT2D eigenvalue weighted by Crippen LogP contribution is 2.37. The fourth-order valence-electron chi connectivity index (χ4n) is 3.19. The molecule has 1 aliphatic carbocycles. The maximum absolute atomic E-state index is 12.7. The molecule has 1 aromatic heterocycles. The largest absolute Gasteiger partial charge is 0.342 e. The van der Waals surface area contributed by atoms with Gasteiger partial charge in [0.2, 0.25) is 21.8 Å². The molecule has 1 aromatic carbocycles. The number of hydrogen-bond donors (Lipinski definition) is 2. The van der Waals surface area contributed by atoms with Crippen molar-refractivity contribution >= 4 is 27.5 Å². The predicted octanol–water partition coefficient (Wildman–Crippen LogP) is 2.28. The Morgan fingerprint density at radius 3 is 2.44 bits per heavy atom. The summed E-state index contributed by atoms with van der Waals surface area (Å²) in [7, 11) is -3.85. The molecule has 0 radical (unpaired) electrons. The van der Waals surface area contributed by atoms with Crippen molar-refractivity contribution in [1.29, 1.82) is 0 Å². The van der Waals surface area contributed by atoms with Crippen LogP contribution < -0.4 is 10.0 Å². The van der Waals surface area contributed by atoms with Crippen molar-refractivity contribution in [3.05, 3.63) is 41.0 Å². The van der Waals surface area contributed by atoms with Gasteiger partial charge < -0.3 is 9.84 Å². The van der Waals surface area contributed by atoms with Crippen LogP contribution in [-0.4, -0.2) is 30.5 Å². The zero-order valence-electron chi connectivity index (χ0n) is 15.0. The van der Waals surface area contributed by atoms with E-state index in [2.05, 4.69) is 20.2 Å². The van der Waals surface area contributed by atoms with Gasteiger partial charge in [0.25, 0.3) is 0 Å². The van der Waals surface area contributed by atoms with E-state index in [1.165, 1.54) is 31.2 Å². The number of rotatable bonds is 6. The van der Waals surface area contributed by atoms with Crippen LogP contribution in [-0.2, 0) is 20.4 Å². The first-order valence-electron chi connectivity index (χ1n) is 8.63. The minimum atomic E-state index is -3.85. The molecule has 3 rings (SSSR count). The van der Waals surface area contributed by atoms with E-state index >= 15 is 0 Å². The Hall–Kier alpha value is -1.97. The van der Waals surface area contributed by atoms with Crippen LogP contribution in [0.2, 0.25) is 5.02 Å². The lowest BCUT2D eigenvalue weighted by molar-refractivity contribution is -0.124. The maximum atomic E-state index is 12.7. The van der Waals surface area contributed by atoms with Crippen molar-refractivity contribution < 1.29 is 17.7 Å². The van der Waals surface area contributed by atoms with E-state index < -0.39 is 27.5 Å². The number of carbonyl (C=O) groups is 1. The number of sulfonamides is 1. The van der Waals surface area contributed by atoms with Crippen LogP contribution in [0.1, 0.15) is 44.3 Å². The number of nitrogens with one attached hydrogen (secondary N) is 2. The van der Waals surface area contributed by atoms with Gasteiger partial charge in [-0.1, -0.05) is 29.6 Å². The van der Waals surface area contributed by atoms with Crippen LogP contribution in [0.15, 0.2) is 33.7 Å². The Morgan fingerprint density at radius 2 is 1.89 bits per heavy atom. The summed E-state index contributed by atoms with van der Waals surface area (Å²) >= 11 is 5.79. The highest BCUT2D eigenvalue weighted by atomic mass is 35.5. The average Bonchev–Trinajstić information content (AvgIpc) is 3.25. The Labute approximate surface area is 162 Å². The molecule has 0 aliphatic heterocycles. The molecule has 1 amide bonds. The van der Waals surface area contributed by atoms with Crippen LogP contribution in [0.3, 0.4) is 0 Å². The van der Waals surface area contributed by atoms with Gasteiger partial charge in [-0.15, -0.1) is 0 Å². The number of amides is 1. The van der Waals surface area contributed by atoms with Crippen molar-refractivity contribution in [2.75, 3.05) is 0 Å². The second-order valence-corrected chi connectivity index (χ2v) is 8.86. The Morgan fingerprint density at radius 1 is 1.26 bits per heavy atom. The molecule has 1 aliphatic rings. The molecule has 146 valence electrons. The smallest absolute Gasteiger partial charge is 0.241 e. The summed E-state index contributed by atoms with van der Waals surface area (Å²) < 4.78 is 32.4. The van der Waals surface area contributed by atoms with E-state index in [9.17, 15) is 13.2 Å². The molecule has 27 heavy (non-hydrogen) atoms. The third-order valence-corrected chi connectivity index (χ3v) is 6.43. The molecule has 2 aromatic rings. The summed E-state index contributed by atoms with van der Waals surface area (Å²) in [5.74, 6) is 0.400. The highest BCUT2D eigenvalue weighted by molar-refractivity contribution is 7.89. The van der Waals surface area contributed by atoms with E-state index in [1.54, 1.807) is 6.92 Å². The Balaban J connectivity index is 1.74. The number of aryl methyl sites for hydroxylation is 1. The number of benzene rings is 1. The summed E-state index contributed by atoms with van der Waals surface area (Å²) in [6.45, 7) is 3.18. The van der Waals surface area contributed by atoms with Crippen molar-refractivity contribution in [1.82, 2.24) is 20.2 Å². The first-order chi connectivity index (χ1) is 12.7. The van der Waals surface area contributed by atoms with Crippen LogP contribution >= 0.6 is 11.6 Å². The van der Waals surface area contributed by atoms with Crippen LogP contribution in [0.25, 0.3) is 0 Å². The van der Waals surface area contributed by atoms with E-state index in [1.807, 2.05) is 0 Å². The first kappa shape index (κ1) is 19.8. The van der Waals surface area contributed by atoms with Gasteiger partial charge in [-0.2, -0.15) is 9.71 Å². The zero-order chi connectivity index (χ0) is 19.7. The molecule has 1 heterocycles. The number of hydrogen-bond acceptors (Lipinski definition) is 6. The first-order valence-corrected chi connectivity index (χ1v) is 10.5. The lowest BCUT2D eigenvalue weighted by Gasteiger charge is -2.28. The van der Waals surface area contributed by atoms with Crippen LogP contribution in [0.5, 0.6) is 0 Å². The molecule has 1 fully saturated rings. The van der Waals surface area contributed by atoms with Crippen LogP contribution in [0, 0.1) is 6.92 Å². The third-order valence-electron chi connectivity index (χ3n) is 4.62. The lowest BCUT2D eigenvalue weighted by Crippen LogP contribution is -2.52. The topological polar surface area (TPSA) is 114 Å². The number of halogens is 1. The molecular formula is C17H21ClN4O4S. The summed E-state index contributed by atoms with van der Waals surface area (Å²) in [6, 6.07) is 4.75. The average molecular weight is 413 g/mol. The lowest BCUT2D eigenvalue weighted by atomic mass is 9.96. The number of carbonyl (C=O) groups excluding carboxylic acids is 1. The molecule has 1 saturated carbocycles. The van der Waals surface area contributed by atoms with E-state index in [-0.39, 0.29) is 4.90 Å². The fourth-order valence-corrected chi connectivity index (χ4v) is 4.52. The van der Waals surface area contributed by atoms with Crippen molar-refractivity contribution in [2.45, 2.75) is 56.0 Å². The fraction of sp³-hybridized carbons (Fsp3) is 0.471. The standard InChI is InChI=1S/C17H21ClN4O4S/c1-11(22-27(24,25)14-7-5-13(18)6-8-14)15(23)20-17(9-3-4-10-17)16-19-12(2)26-21-16/h5-8,11,22H,3-4,9-10H2,1-2H3,(H,20,23)/t11-/m0/s1. The summed E-state index contributed by atoms with van der Waals surface area (Å²) in [5, 5.41) is 7.32. The molecule has 8 nitrogen and oxygen atoms in total. The second-order valence-electron chi connectivity index (χ2n) is 6.71. The van der Waals surface area contributed by atoms with Gasteiger partial charge in [0, 0.05) is 11.9 Å². The SMILES string of the molecule is Cc1nc(C2(NC(=O)[C@H](C)NS(=O)(=O)c3ccc(Cl)cc3)CCCC2)no1. The van der Waals surface area contributed by atoms with E-state index in [4.69, 9.17) is 16.1 Å². The van der Waals surface area contributed by atoms with Gasteiger partial charge in [0.15, 0.2) is 5.82 Å². The highest BCUT2D eigenvalue weighted by Gasteiger charge is 2.42. The monoisotopic (exact) mass is 412 g/mol. The van der Waals surface area contributed by atoms with Gasteiger partial charge >= 0.3 is 0 Å². The molecule has 0 saturated heterocycles. The third kappa shape index (κ3) is 4.31. The quantitative estimate of drug-likeness (QED) is 0.752. The van der Waals surface area contributed by atoms with E-state index in [0.29, 0.717) is 29.6 Å². The molecule has 0 spiro atoms. The summed E-state index contributed by atoms with van der Waals surface area (Å²) in [4.78, 5) is 17.0. The minimum absolute atomic E-state index is 0.0379. The molecule has 0 unspecified atom stereocenters. The maximum Gasteiger partial charge on any atom is 0.241 e. The van der Waals surface area contributed by atoms with Crippen molar-refractivity contribution in [2.24, 2.45) is 0 Å². The molecule has 0 bridgehead atoms. The molecule has 10 heteroatoms. The van der Waals surface area contributed by atoms with Gasteiger partial charge in [-0.25, -0.2) is 8.42 Å². The second kappa shape index (κ2) is 7.57. The number of aromatic nitrogens is 2. The van der Waals surface area contributed by atoms with Gasteiger partial charge in [-0.3, -0.25) is 4.79 Å². The molecule has 1 atom stereocenters. The Kier molecular flexibility index (Phi) is 5.55. The minimum Gasteiger partial charge on any atom is -0.342 e. The summed E-state index contributed by atoms with van der Waals surface area (Å²) in [5.41, 5.74) is -0.727. The van der Waals surface area contributed by atoms with Gasteiger partial charge in [0.05, 0.1) is 10.9 Å². The zero-order valence-corrected chi connectivity index (χ0v) is 16.6. The van der Waals surface area contributed by atoms with Gasteiger partial charge in [-0.05, 0) is 44.0 Å². The van der Waals surface area contributed by atoms with Crippen molar-refractivity contribution in [3.8, 4) is 0 Å².